The Bertz CT molecular complexity index is 1090. The Morgan fingerprint density at radius 3 is 2.48 bits per heavy atom. The van der Waals surface area contributed by atoms with Gasteiger partial charge in [-0.2, -0.15) is 0 Å². The Balaban J connectivity index is 1.71. The summed E-state index contributed by atoms with van der Waals surface area (Å²) in [6, 6.07) is 14.4. The molecule has 0 bridgehead atoms. The van der Waals surface area contributed by atoms with Crippen molar-refractivity contribution in [1.82, 2.24) is 4.31 Å². The number of carbonyl (C=O) groups is 1. The molecule has 2 heterocycles. The Kier molecular flexibility index (Phi) is 3.45. The molecule has 6 nitrogen and oxygen atoms in total. The van der Waals surface area contributed by atoms with Crippen molar-refractivity contribution < 1.29 is 17.6 Å². The number of carbonyl (C=O) groups excluding carboxylic acids is 1. The monoisotopic (exact) mass is 356 g/mol. The van der Waals surface area contributed by atoms with Gasteiger partial charge in [0.15, 0.2) is 0 Å². The van der Waals surface area contributed by atoms with E-state index < -0.39 is 10.0 Å². The van der Waals surface area contributed by atoms with Gasteiger partial charge in [0.25, 0.3) is 15.9 Å². The number of nitrogens with zero attached hydrogens (tertiary/aromatic N) is 2. The van der Waals surface area contributed by atoms with Crippen molar-refractivity contribution in [2.45, 2.75) is 11.6 Å². The largest absolute Gasteiger partial charge is 0.446 e. The Morgan fingerprint density at radius 2 is 1.76 bits per heavy atom. The van der Waals surface area contributed by atoms with Crippen LogP contribution in [-0.4, -0.2) is 32.7 Å². The lowest BCUT2D eigenvalue weighted by atomic mass is 10.1. The highest BCUT2D eigenvalue weighted by molar-refractivity contribution is 7.88. The Hall–Kier alpha value is -2.64. The number of hydrogen-bond donors (Lipinski definition) is 0. The normalized spacial score (nSPS) is 14.0. The summed E-state index contributed by atoms with van der Waals surface area (Å²) in [5, 5.41) is 1.79. The van der Waals surface area contributed by atoms with Crippen LogP contribution in [0.25, 0.3) is 10.8 Å². The summed E-state index contributed by atoms with van der Waals surface area (Å²) in [5.74, 6) is 0.304. The molecule has 128 valence electrons. The number of hydrogen-bond acceptors (Lipinski definition) is 4. The first-order valence-electron chi connectivity index (χ1n) is 7.74. The zero-order chi connectivity index (χ0) is 17.8. The van der Waals surface area contributed by atoms with E-state index >= 15 is 0 Å². The van der Waals surface area contributed by atoms with Crippen molar-refractivity contribution in [2.24, 2.45) is 0 Å². The van der Waals surface area contributed by atoms with Gasteiger partial charge in [0.2, 0.25) is 5.09 Å². The third-order valence-corrected chi connectivity index (χ3v) is 6.02. The summed E-state index contributed by atoms with van der Waals surface area (Å²) in [6.07, 6.45) is 0. The molecular weight excluding hydrogens is 340 g/mol. The van der Waals surface area contributed by atoms with E-state index in [0.29, 0.717) is 11.3 Å². The molecular formula is C18H16N2O4S. The Labute approximate surface area is 145 Å². The van der Waals surface area contributed by atoms with Crippen molar-refractivity contribution in [2.75, 3.05) is 19.0 Å². The van der Waals surface area contributed by atoms with Gasteiger partial charge in [0, 0.05) is 25.0 Å². The van der Waals surface area contributed by atoms with Crippen LogP contribution < -0.4 is 4.90 Å². The predicted octanol–water partition coefficient (Wildman–Crippen LogP) is 2.84. The van der Waals surface area contributed by atoms with E-state index in [1.807, 2.05) is 30.3 Å². The van der Waals surface area contributed by atoms with Crippen LogP contribution in [0.1, 0.15) is 16.1 Å². The van der Waals surface area contributed by atoms with E-state index in [4.69, 9.17) is 4.42 Å². The molecule has 0 fully saturated rings. The summed E-state index contributed by atoms with van der Waals surface area (Å²) in [5.41, 5.74) is 1.47. The fourth-order valence-electron chi connectivity index (χ4n) is 3.05. The minimum atomic E-state index is -3.63. The maximum atomic E-state index is 12.8. The topological polar surface area (TPSA) is 70.8 Å². The van der Waals surface area contributed by atoms with E-state index in [1.54, 1.807) is 17.0 Å². The van der Waals surface area contributed by atoms with Gasteiger partial charge in [-0.3, -0.25) is 4.79 Å². The van der Waals surface area contributed by atoms with Gasteiger partial charge in [0.05, 0.1) is 12.2 Å². The number of benzene rings is 2. The van der Waals surface area contributed by atoms with E-state index in [0.717, 1.165) is 20.8 Å². The third kappa shape index (κ3) is 2.35. The van der Waals surface area contributed by atoms with Gasteiger partial charge < -0.3 is 9.32 Å². The lowest BCUT2D eigenvalue weighted by molar-refractivity contribution is 0.0989. The minimum Gasteiger partial charge on any atom is -0.446 e. The second-order valence-electron chi connectivity index (χ2n) is 6.08. The maximum absolute atomic E-state index is 12.8. The van der Waals surface area contributed by atoms with Gasteiger partial charge >= 0.3 is 0 Å². The van der Waals surface area contributed by atoms with Crippen LogP contribution in [0.4, 0.5) is 5.69 Å². The van der Waals surface area contributed by atoms with E-state index in [-0.39, 0.29) is 17.5 Å². The summed E-state index contributed by atoms with van der Waals surface area (Å²) >= 11 is 0. The van der Waals surface area contributed by atoms with Gasteiger partial charge in [-0.25, -0.2) is 12.7 Å². The van der Waals surface area contributed by atoms with Crippen LogP contribution in [0.15, 0.2) is 58.0 Å². The lowest BCUT2D eigenvalue weighted by Gasteiger charge is -2.16. The molecule has 0 atom stereocenters. The molecule has 25 heavy (non-hydrogen) atoms. The van der Waals surface area contributed by atoms with Gasteiger partial charge in [-0.05, 0) is 29.7 Å². The molecule has 0 saturated carbocycles. The van der Waals surface area contributed by atoms with Crippen molar-refractivity contribution in [3.8, 4) is 0 Å². The smallest absolute Gasteiger partial charge is 0.275 e. The molecule has 0 radical (unpaired) electrons. The van der Waals surface area contributed by atoms with Crippen molar-refractivity contribution in [3.05, 3.63) is 59.9 Å². The fourth-order valence-corrected chi connectivity index (χ4v) is 3.87. The number of furan rings is 1. The van der Waals surface area contributed by atoms with E-state index in [9.17, 15) is 13.2 Å². The molecule has 0 unspecified atom stereocenters. The SMILES string of the molecule is CN(C)S(=O)(=O)c1ccc(CN2C(=O)c3cccc4cccc2c34)o1. The van der Waals surface area contributed by atoms with Crippen molar-refractivity contribution >= 4 is 32.4 Å². The Morgan fingerprint density at radius 1 is 1.04 bits per heavy atom. The van der Waals surface area contributed by atoms with Gasteiger partial charge in [-0.15, -0.1) is 0 Å². The van der Waals surface area contributed by atoms with Crippen LogP contribution in [0.5, 0.6) is 0 Å². The first-order valence-corrected chi connectivity index (χ1v) is 9.18. The van der Waals surface area contributed by atoms with E-state index in [2.05, 4.69) is 0 Å². The van der Waals surface area contributed by atoms with Crippen molar-refractivity contribution in [3.63, 3.8) is 0 Å². The molecule has 2 aromatic carbocycles. The zero-order valence-corrected chi connectivity index (χ0v) is 14.6. The number of rotatable bonds is 4. The highest BCUT2D eigenvalue weighted by Gasteiger charge is 2.30. The quantitative estimate of drug-likeness (QED) is 0.721. The molecule has 1 aromatic heterocycles. The molecule has 1 amide bonds. The second kappa shape index (κ2) is 5.44. The summed E-state index contributed by atoms with van der Waals surface area (Å²) < 4.78 is 30.8. The predicted molar refractivity (Wildman–Crippen MR) is 94.0 cm³/mol. The van der Waals surface area contributed by atoms with Crippen LogP contribution in [0.2, 0.25) is 0 Å². The standard InChI is InChI=1S/C18H16N2O4S/c1-19(2)25(22,23)16-10-9-13(24-16)11-20-15-8-4-6-12-5-3-7-14(17(12)15)18(20)21/h3-10H,11H2,1-2H3. The molecule has 4 rings (SSSR count). The van der Waals surface area contributed by atoms with Crippen molar-refractivity contribution in [1.29, 1.82) is 0 Å². The fraction of sp³-hybridized carbons (Fsp3) is 0.167. The molecule has 1 aliphatic heterocycles. The highest BCUT2D eigenvalue weighted by Crippen LogP contribution is 2.38. The zero-order valence-electron chi connectivity index (χ0n) is 13.8. The molecule has 0 aliphatic carbocycles. The van der Waals surface area contributed by atoms with Crippen LogP contribution in [0, 0.1) is 0 Å². The second-order valence-corrected chi connectivity index (χ2v) is 8.16. The minimum absolute atomic E-state index is 0.111. The van der Waals surface area contributed by atoms with Gasteiger partial charge in [-0.1, -0.05) is 24.3 Å². The lowest BCUT2D eigenvalue weighted by Crippen LogP contribution is -2.25. The van der Waals surface area contributed by atoms with E-state index in [1.165, 1.54) is 20.2 Å². The summed E-state index contributed by atoms with van der Waals surface area (Å²) in [4.78, 5) is 14.4. The highest BCUT2D eigenvalue weighted by atomic mass is 32.2. The molecule has 0 spiro atoms. The van der Waals surface area contributed by atoms with Gasteiger partial charge in [0.1, 0.15) is 5.76 Å². The van der Waals surface area contributed by atoms with Crippen LogP contribution in [0.3, 0.4) is 0 Å². The molecule has 0 N–H and O–H groups in total. The third-order valence-electron chi connectivity index (χ3n) is 4.33. The number of anilines is 1. The van der Waals surface area contributed by atoms with Crippen LogP contribution >= 0.6 is 0 Å². The first kappa shape index (κ1) is 15.9. The maximum Gasteiger partial charge on any atom is 0.275 e. The molecule has 7 heteroatoms. The molecule has 0 saturated heterocycles. The first-order chi connectivity index (χ1) is 11.9. The number of amides is 1. The molecule has 3 aromatic rings. The summed E-state index contributed by atoms with van der Waals surface area (Å²) in [7, 11) is -0.747. The summed E-state index contributed by atoms with van der Waals surface area (Å²) in [6.45, 7) is 0.176. The average molecular weight is 356 g/mol. The molecule has 1 aliphatic rings. The average Bonchev–Trinajstić information content (AvgIpc) is 3.16. The number of sulfonamides is 1. The van der Waals surface area contributed by atoms with Crippen LogP contribution in [-0.2, 0) is 16.6 Å².